The second-order valence-corrected chi connectivity index (χ2v) is 5.02. The Morgan fingerprint density at radius 1 is 1.30 bits per heavy atom. The highest BCUT2D eigenvalue weighted by molar-refractivity contribution is 5.96. The number of anilines is 1. The van der Waals surface area contributed by atoms with Gasteiger partial charge in [0.2, 0.25) is 0 Å². The molecule has 0 saturated heterocycles. The van der Waals surface area contributed by atoms with Gasteiger partial charge in [0.15, 0.2) is 11.5 Å². The molecule has 0 radical (unpaired) electrons. The molecule has 104 valence electrons. The van der Waals surface area contributed by atoms with Crippen molar-refractivity contribution in [1.29, 1.82) is 0 Å². The third-order valence-corrected chi connectivity index (χ3v) is 3.17. The molecule has 0 atom stereocenters. The quantitative estimate of drug-likeness (QED) is 0.785. The van der Waals surface area contributed by atoms with Crippen molar-refractivity contribution in [2.75, 3.05) is 26.9 Å². The Morgan fingerprint density at radius 3 is 2.80 bits per heavy atom. The van der Waals surface area contributed by atoms with Crippen molar-refractivity contribution in [2.24, 2.45) is 0 Å². The normalized spacial score (nSPS) is 11.6. The molecule has 0 unspecified atom stereocenters. The third-order valence-electron chi connectivity index (χ3n) is 3.17. The molecule has 2 aromatic heterocycles. The zero-order chi connectivity index (χ0) is 14.3. The van der Waals surface area contributed by atoms with Crippen molar-refractivity contribution in [3.63, 3.8) is 0 Å². The molecule has 0 aliphatic heterocycles. The topological polar surface area (TPSA) is 69.2 Å². The Labute approximate surface area is 116 Å². The van der Waals surface area contributed by atoms with Gasteiger partial charge in [-0.25, -0.2) is 9.67 Å². The Bertz CT molecular complexity index is 778. The lowest BCUT2D eigenvalue weighted by molar-refractivity contribution is 0.313. The number of ether oxygens (including phenoxy) is 1. The van der Waals surface area contributed by atoms with Crippen molar-refractivity contribution in [1.82, 2.24) is 19.7 Å². The standard InChI is InChI=1S/C14H17N5O/c1-18(2)8-19-14-11(13(15)17-19)6-9-4-5-10(20-3)7-12(9)16-14/h4-7H,8H2,1-3H3,(H2,15,17). The SMILES string of the molecule is COc1ccc2cc3c(N)nn(CN(C)C)c3nc2c1. The second kappa shape index (κ2) is 4.64. The van der Waals surface area contributed by atoms with Crippen LogP contribution in [0.4, 0.5) is 5.82 Å². The molecule has 1 aromatic carbocycles. The van der Waals surface area contributed by atoms with Gasteiger partial charge in [-0.05, 0) is 32.3 Å². The summed E-state index contributed by atoms with van der Waals surface area (Å²) in [5, 5.41) is 6.26. The largest absolute Gasteiger partial charge is 0.497 e. The van der Waals surface area contributed by atoms with Crippen LogP contribution in [0.3, 0.4) is 0 Å². The Balaban J connectivity index is 2.26. The molecule has 2 N–H and O–H groups in total. The highest BCUT2D eigenvalue weighted by atomic mass is 16.5. The number of pyridine rings is 1. The number of methoxy groups -OCH3 is 1. The minimum atomic E-state index is 0.507. The van der Waals surface area contributed by atoms with Crippen molar-refractivity contribution in [3.8, 4) is 5.75 Å². The molecule has 0 amide bonds. The fourth-order valence-electron chi connectivity index (χ4n) is 2.25. The summed E-state index contributed by atoms with van der Waals surface area (Å²) in [6.45, 7) is 0.635. The van der Waals surface area contributed by atoms with E-state index in [4.69, 9.17) is 10.5 Å². The second-order valence-electron chi connectivity index (χ2n) is 5.02. The third kappa shape index (κ3) is 2.04. The molecule has 0 fully saturated rings. The maximum absolute atomic E-state index is 5.98. The summed E-state index contributed by atoms with van der Waals surface area (Å²) in [5.74, 6) is 1.29. The maximum atomic E-state index is 5.98. The van der Waals surface area contributed by atoms with Crippen LogP contribution in [0.15, 0.2) is 24.3 Å². The first-order valence-corrected chi connectivity index (χ1v) is 6.34. The number of nitrogens with zero attached hydrogens (tertiary/aromatic N) is 4. The fraction of sp³-hybridized carbons (Fsp3) is 0.286. The number of nitrogens with two attached hydrogens (primary N) is 1. The van der Waals surface area contributed by atoms with E-state index in [2.05, 4.69) is 10.1 Å². The lowest BCUT2D eigenvalue weighted by Crippen LogP contribution is -2.18. The van der Waals surface area contributed by atoms with Crippen LogP contribution < -0.4 is 10.5 Å². The van der Waals surface area contributed by atoms with Crippen LogP contribution in [0.1, 0.15) is 0 Å². The lowest BCUT2D eigenvalue weighted by Gasteiger charge is -2.10. The molecule has 0 saturated carbocycles. The Hall–Kier alpha value is -2.34. The summed E-state index contributed by atoms with van der Waals surface area (Å²) in [5.41, 5.74) is 7.65. The Morgan fingerprint density at radius 2 is 2.10 bits per heavy atom. The van der Waals surface area contributed by atoms with Gasteiger partial charge in [0.05, 0.1) is 24.7 Å². The van der Waals surface area contributed by atoms with Gasteiger partial charge in [0, 0.05) is 11.5 Å². The minimum Gasteiger partial charge on any atom is -0.497 e. The average molecular weight is 271 g/mol. The van der Waals surface area contributed by atoms with Crippen molar-refractivity contribution >= 4 is 27.8 Å². The van der Waals surface area contributed by atoms with E-state index in [1.165, 1.54) is 0 Å². The van der Waals surface area contributed by atoms with E-state index < -0.39 is 0 Å². The zero-order valence-corrected chi connectivity index (χ0v) is 11.8. The number of benzene rings is 1. The highest BCUT2D eigenvalue weighted by Gasteiger charge is 2.11. The summed E-state index contributed by atoms with van der Waals surface area (Å²) in [6, 6.07) is 7.82. The minimum absolute atomic E-state index is 0.507. The monoisotopic (exact) mass is 271 g/mol. The summed E-state index contributed by atoms with van der Waals surface area (Å²) >= 11 is 0. The molecule has 0 aliphatic rings. The van der Waals surface area contributed by atoms with Gasteiger partial charge in [-0.3, -0.25) is 4.90 Å². The predicted octanol–water partition coefficient (Wildman–Crippen LogP) is 1.69. The number of hydrogen-bond acceptors (Lipinski definition) is 5. The number of nitrogen functional groups attached to an aromatic ring is 1. The van der Waals surface area contributed by atoms with E-state index in [9.17, 15) is 0 Å². The fourth-order valence-corrected chi connectivity index (χ4v) is 2.25. The summed E-state index contributed by atoms with van der Waals surface area (Å²) in [6.07, 6.45) is 0. The van der Waals surface area contributed by atoms with Crippen LogP contribution in [0, 0.1) is 0 Å². The predicted molar refractivity (Wildman–Crippen MR) is 79.7 cm³/mol. The van der Waals surface area contributed by atoms with Crippen LogP contribution in [0.2, 0.25) is 0 Å². The summed E-state index contributed by atoms with van der Waals surface area (Å²) < 4.78 is 7.05. The van der Waals surface area contributed by atoms with Crippen molar-refractivity contribution in [3.05, 3.63) is 24.3 Å². The van der Waals surface area contributed by atoms with Gasteiger partial charge >= 0.3 is 0 Å². The molecule has 6 heteroatoms. The van der Waals surface area contributed by atoms with Crippen LogP contribution in [0.25, 0.3) is 21.9 Å². The number of rotatable bonds is 3. The molecular weight excluding hydrogens is 254 g/mol. The number of aromatic nitrogens is 3. The molecule has 6 nitrogen and oxygen atoms in total. The number of fused-ring (bicyclic) bond motifs is 2. The first-order chi connectivity index (χ1) is 9.58. The van der Waals surface area contributed by atoms with E-state index in [1.54, 1.807) is 7.11 Å². The van der Waals surface area contributed by atoms with E-state index >= 15 is 0 Å². The molecule has 3 rings (SSSR count). The highest BCUT2D eigenvalue weighted by Crippen LogP contribution is 2.26. The van der Waals surface area contributed by atoms with Crippen LogP contribution in [-0.2, 0) is 6.67 Å². The molecule has 0 spiro atoms. The molecular formula is C14H17N5O. The molecule has 0 bridgehead atoms. The molecule has 2 heterocycles. The summed E-state index contributed by atoms with van der Waals surface area (Å²) in [4.78, 5) is 6.69. The van der Waals surface area contributed by atoms with Crippen LogP contribution in [-0.4, -0.2) is 40.9 Å². The van der Waals surface area contributed by atoms with E-state index in [0.717, 1.165) is 27.7 Å². The van der Waals surface area contributed by atoms with E-state index in [-0.39, 0.29) is 0 Å². The van der Waals surface area contributed by atoms with Crippen LogP contribution in [0.5, 0.6) is 5.75 Å². The van der Waals surface area contributed by atoms with Crippen LogP contribution >= 0.6 is 0 Å². The molecule has 3 aromatic rings. The van der Waals surface area contributed by atoms with Crippen molar-refractivity contribution < 1.29 is 4.74 Å². The summed E-state index contributed by atoms with van der Waals surface area (Å²) in [7, 11) is 5.61. The van der Waals surface area contributed by atoms with Gasteiger partial charge in [-0.2, -0.15) is 5.10 Å². The van der Waals surface area contributed by atoms with Gasteiger partial charge in [-0.15, -0.1) is 0 Å². The zero-order valence-electron chi connectivity index (χ0n) is 11.8. The average Bonchev–Trinajstić information content (AvgIpc) is 2.71. The van der Waals surface area contributed by atoms with Gasteiger partial charge < -0.3 is 10.5 Å². The lowest BCUT2D eigenvalue weighted by atomic mass is 10.2. The first-order valence-electron chi connectivity index (χ1n) is 6.34. The van der Waals surface area contributed by atoms with Gasteiger partial charge in [0.25, 0.3) is 0 Å². The number of hydrogen-bond donors (Lipinski definition) is 1. The van der Waals surface area contributed by atoms with E-state index in [1.807, 2.05) is 47.9 Å². The molecule has 0 aliphatic carbocycles. The van der Waals surface area contributed by atoms with Crippen molar-refractivity contribution in [2.45, 2.75) is 6.67 Å². The smallest absolute Gasteiger partial charge is 0.161 e. The Kier molecular flexibility index (Phi) is 2.94. The van der Waals surface area contributed by atoms with Gasteiger partial charge in [-0.1, -0.05) is 0 Å². The first kappa shape index (κ1) is 12.7. The maximum Gasteiger partial charge on any atom is 0.161 e. The van der Waals surface area contributed by atoms with Gasteiger partial charge in [0.1, 0.15) is 5.75 Å². The molecule has 20 heavy (non-hydrogen) atoms. The van der Waals surface area contributed by atoms with E-state index in [0.29, 0.717) is 12.5 Å².